The van der Waals surface area contributed by atoms with Gasteiger partial charge >= 0.3 is 8.80 Å². The Morgan fingerprint density at radius 3 is 1.94 bits per heavy atom. The van der Waals surface area contributed by atoms with Crippen LogP contribution in [0, 0.1) is 0 Å². The van der Waals surface area contributed by atoms with Crippen LogP contribution in [0.25, 0.3) is 0 Å². The lowest BCUT2D eigenvalue weighted by molar-refractivity contribution is 0.0350. The molecule has 3 nitrogen and oxygen atoms in total. The second kappa shape index (κ2) is 10.1. The summed E-state index contributed by atoms with van der Waals surface area (Å²) in [4.78, 5) is 0. The van der Waals surface area contributed by atoms with Crippen LogP contribution in [0.1, 0.15) is 60.3 Å². The molecule has 0 heterocycles. The third kappa shape index (κ3) is 7.19. The summed E-state index contributed by atoms with van der Waals surface area (Å²) in [5.74, 6) is 0. The van der Waals surface area contributed by atoms with Crippen molar-refractivity contribution in [1.82, 2.24) is 0 Å². The zero-order valence-corrected chi connectivity index (χ0v) is 13.3. The van der Waals surface area contributed by atoms with E-state index < -0.39 is 8.80 Å². The summed E-state index contributed by atoms with van der Waals surface area (Å²) >= 11 is 0. The van der Waals surface area contributed by atoms with Crippen molar-refractivity contribution in [3.8, 4) is 0 Å². The van der Waals surface area contributed by atoms with Crippen LogP contribution < -0.4 is 0 Å². The molecule has 0 rings (SSSR count). The van der Waals surface area contributed by atoms with Crippen molar-refractivity contribution in [2.75, 3.05) is 13.2 Å². The molecule has 0 saturated heterocycles. The molecule has 0 fully saturated rings. The van der Waals surface area contributed by atoms with Gasteiger partial charge in [0.2, 0.25) is 0 Å². The molecule has 0 spiro atoms. The van der Waals surface area contributed by atoms with Crippen molar-refractivity contribution in [2.24, 2.45) is 0 Å². The van der Waals surface area contributed by atoms with Crippen LogP contribution in [0.3, 0.4) is 0 Å². The van der Waals surface area contributed by atoms with Gasteiger partial charge in [-0.1, -0.05) is 26.7 Å². The second-order valence-corrected chi connectivity index (χ2v) is 7.05. The topological polar surface area (TPSA) is 27.7 Å². The average Bonchev–Trinajstić information content (AvgIpc) is 2.27. The first-order valence-corrected chi connectivity index (χ1v) is 9.02. The molecule has 0 aliphatic rings. The number of unbranched alkanes of at least 4 members (excludes halogenated alkanes) is 1. The lowest BCUT2D eigenvalue weighted by Crippen LogP contribution is -2.48. The summed E-state index contributed by atoms with van der Waals surface area (Å²) < 4.78 is 17.9. The van der Waals surface area contributed by atoms with Gasteiger partial charge < -0.3 is 13.3 Å². The molecular formula is C13H30O3Si. The Balaban J connectivity index is 4.50. The number of hydrogen-bond donors (Lipinski definition) is 0. The molecule has 0 aliphatic heterocycles. The quantitative estimate of drug-likeness (QED) is 0.527. The van der Waals surface area contributed by atoms with Crippen LogP contribution in [0.2, 0.25) is 6.04 Å². The first kappa shape index (κ1) is 17.1. The Kier molecular flexibility index (Phi) is 10.1. The van der Waals surface area contributed by atoms with Gasteiger partial charge in [0, 0.05) is 25.4 Å². The second-order valence-electron chi connectivity index (χ2n) is 4.37. The maximum absolute atomic E-state index is 6.16. The van der Waals surface area contributed by atoms with E-state index in [1.165, 1.54) is 0 Å². The van der Waals surface area contributed by atoms with Gasteiger partial charge in [0.05, 0.1) is 0 Å². The summed E-state index contributed by atoms with van der Waals surface area (Å²) in [7, 11) is -2.42. The normalized spacial score (nSPS) is 13.9. The Morgan fingerprint density at radius 2 is 1.53 bits per heavy atom. The average molecular weight is 262 g/mol. The fourth-order valence-corrected chi connectivity index (χ4v) is 4.94. The van der Waals surface area contributed by atoms with Gasteiger partial charge in [-0.05, 0) is 33.6 Å². The minimum Gasteiger partial charge on any atom is -0.374 e. The SMILES string of the molecule is CCCC[Si](OCC)(OCC)OC(C)CCC. The zero-order chi connectivity index (χ0) is 13.1. The molecular weight excluding hydrogens is 232 g/mol. The van der Waals surface area contributed by atoms with E-state index >= 15 is 0 Å². The van der Waals surface area contributed by atoms with E-state index in [2.05, 4.69) is 20.8 Å². The minimum atomic E-state index is -2.42. The number of hydrogen-bond acceptors (Lipinski definition) is 3. The van der Waals surface area contributed by atoms with Crippen LogP contribution >= 0.6 is 0 Å². The Morgan fingerprint density at radius 1 is 0.941 bits per heavy atom. The minimum absolute atomic E-state index is 0.238. The van der Waals surface area contributed by atoms with Crippen LogP contribution in [0.4, 0.5) is 0 Å². The van der Waals surface area contributed by atoms with Gasteiger partial charge in [0.15, 0.2) is 0 Å². The molecule has 104 valence electrons. The highest BCUT2D eigenvalue weighted by molar-refractivity contribution is 6.60. The molecule has 0 N–H and O–H groups in total. The molecule has 0 aromatic carbocycles. The lowest BCUT2D eigenvalue weighted by Gasteiger charge is -2.31. The molecule has 4 heteroatoms. The summed E-state index contributed by atoms with van der Waals surface area (Å²) in [6.45, 7) is 11.9. The lowest BCUT2D eigenvalue weighted by atomic mass is 10.2. The number of rotatable bonds is 11. The summed E-state index contributed by atoms with van der Waals surface area (Å²) in [6, 6.07) is 0.944. The maximum atomic E-state index is 6.16. The van der Waals surface area contributed by atoms with E-state index in [1.54, 1.807) is 0 Å². The first-order valence-electron chi connectivity index (χ1n) is 7.09. The molecule has 0 aromatic heterocycles. The summed E-state index contributed by atoms with van der Waals surface area (Å²) in [6.07, 6.45) is 4.71. The van der Waals surface area contributed by atoms with E-state index in [1.807, 2.05) is 13.8 Å². The Labute approximate surface area is 108 Å². The third-order valence-corrected chi connectivity index (χ3v) is 5.83. The summed E-state index contributed by atoms with van der Waals surface area (Å²) in [5, 5.41) is 0. The van der Waals surface area contributed by atoms with Gasteiger partial charge in [0.25, 0.3) is 0 Å². The first-order chi connectivity index (χ1) is 8.14. The highest BCUT2D eigenvalue weighted by Gasteiger charge is 2.41. The predicted octanol–water partition coefficient (Wildman–Crippen LogP) is 4.00. The molecule has 0 aromatic rings. The maximum Gasteiger partial charge on any atom is 0.501 e. The van der Waals surface area contributed by atoms with E-state index in [4.69, 9.17) is 13.3 Å². The third-order valence-electron chi connectivity index (χ3n) is 2.64. The molecule has 17 heavy (non-hydrogen) atoms. The van der Waals surface area contributed by atoms with E-state index in [-0.39, 0.29) is 6.10 Å². The van der Waals surface area contributed by atoms with Gasteiger partial charge in [-0.25, -0.2) is 0 Å². The summed E-state index contributed by atoms with van der Waals surface area (Å²) in [5.41, 5.74) is 0. The Bertz CT molecular complexity index is 170. The van der Waals surface area contributed by atoms with Crippen LogP contribution in [0.15, 0.2) is 0 Å². The smallest absolute Gasteiger partial charge is 0.374 e. The Hall–Kier alpha value is 0.0969. The van der Waals surface area contributed by atoms with E-state index in [0.717, 1.165) is 31.7 Å². The standard InChI is InChI=1S/C13H30O3Si/c1-6-10-12-17(14-8-3,15-9-4)16-13(5)11-7-2/h13H,6-12H2,1-5H3. The largest absolute Gasteiger partial charge is 0.501 e. The zero-order valence-electron chi connectivity index (χ0n) is 12.3. The molecule has 0 aliphatic carbocycles. The van der Waals surface area contributed by atoms with E-state index in [0.29, 0.717) is 13.2 Å². The van der Waals surface area contributed by atoms with Crippen LogP contribution in [-0.4, -0.2) is 28.1 Å². The molecule has 0 amide bonds. The molecule has 0 bridgehead atoms. The van der Waals surface area contributed by atoms with Crippen molar-refractivity contribution < 1.29 is 13.3 Å². The van der Waals surface area contributed by atoms with Crippen molar-refractivity contribution in [1.29, 1.82) is 0 Å². The molecule has 0 saturated carbocycles. The monoisotopic (exact) mass is 262 g/mol. The van der Waals surface area contributed by atoms with Crippen LogP contribution in [-0.2, 0) is 13.3 Å². The van der Waals surface area contributed by atoms with Gasteiger partial charge in [-0.3, -0.25) is 0 Å². The van der Waals surface area contributed by atoms with Crippen molar-refractivity contribution >= 4 is 8.80 Å². The highest BCUT2D eigenvalue weighted by atomic mass is 28.4. The molecule has 1 unspecified atom stereocenters. The van der Waals surface area contributed by atoms with Crippen molar-refractivity contribution in [3.63, 3.8) is 0 Å². The van der Waals surface area contributed by atoms with Gasteiger partial charge in [-0.2, -0.15) is 0 Å². The van der Waals surface area contributed by atoms with Crippen LogP contribution in [0.5, 0.6) is 0 Å². The fraction of sp³-hybridized carbons (Fsp3) is 1.00. The van der Waals surface area contributed by atoms with E-state index in [9.17, 15) is 0 Å². The van der Waals surface area contributed by atoms with Gasteiger partial charge in [0.1, 0.15) is 0 Å². The fourth-order valence-electron chi connectivity index (χ4n) is 1.92. The predicted molar refractivity (Wildman–Crippen MR) is 74.2 cm³/mol. The molecule has 1 atom stereocenters. The highest BCUT2D eigenvalue weighted by Crippen LogP contribution is 2.22. The molecule has 0 radical (unpaired) electrons. The van der Waals surface area contributed by atoms with Crippen molar-refractivity contribution in [2.45, 2.75) is 72.5 Å². The van der Waals surface area contributed by atoms with Gasteiger partial charge in [-0.15, -0.1) is 0 Å². The van der Waals surface area contributed by atoms with Crippen molar-refractivity contribution in [3.05, 3.63) is 0 Å².